The number of H-pyrrole nitrogens is 2. The normalized spacial score (nSPS) is 11.0. The molecule has 0 bridgehead atoms. The molecular weight excluding hydrogens is 572 g/mol. The fraction of sp³-hybridized carbons (Fsp3) is 0.421. The third-order valence-corrected chi connectivity index (χ3v) is 7.54. The Hall–Kier alpha value is -4.64. The Bertz CT molecular complexity index is 1500. The quantitative estimate of drug-likeness (QED) is 0.143. The van der Waals surface area contributed by atoms with Crippen LogP contribution in [0.3, 0.4) is 0 Å². The molecule has 2 N–H and O–H groups in total. The summed E-state index contributed by atoms with van der Waals surface area (Å²) in [6.45, 7) is 14.9. The van der Waals surface area contributed by atoms with Crippen molar-refractivity contribution >= 4 is 11.8 Å². The number of carbonyl (C=O) groups is 2. The van der Waals surface area contributed by atoms with Crippen LogP contribution in [0.2, 0.25) is 0 Å². The fourth-order valence-electron chi connectivity index (χ4n) is 5.23. The number of rotatable bonds is 14. The second-order valence-electron chi connectivity index (χ2n) is 12.7. The van der Waals surface area contributed by atoms with Gasteiger partial charge in [-0.1, -0.05) is 77.6 Å². The highest BCUT2D eigenvalue weighted by molar-refractivity contribution is 5.76. The zero-order chi connectivity index (χ0) is 33.1. The maximum absolute atomic E-state index is 12.7. The molecule has 0 fully saturated rings. The number of carbonyl (C=O) groups excluding carboxylic acids is 2. The fourth-order valence-corrected chi connectivity index (χ4v) is 5.23. The van der Waals surface area contributed by atoms with E-state index in [0.29, 0.717) is 37.8 Å². The first-order chi connectivity index (χ1) is 22.1. The third kappa shape index (κ3) is 9.93. The average Bonchev–Trinajstić information content (AvgIpc) is 3.69. The van der Waals surface area contributed by atoms with Crippen LogP contribution >= 0.6 is 0 Å². The van der Waals surface area contributed by atoms with Crippen molar-refractivity contribution in [2.45, 2.75) is 80.3 Å². The highest BCUT2D eigenvalue weighted by Gasteiger charge is 2.17. The summed E-state index contributed by atoms with van der Waals surface area (Å²) in [6.07, 6.45) is 6.57. The Kier molecular flexibility index (Phi) is 12.4. The molecule has 4 rings (SSSR count). The van der Waals surface area contributed by atoms with Crippen molar-refractivity contribution in [3.8, 4) is 34.4 Å². The summed E-state index contributed by atoms with van der Waals surface area (Å²) in [5.41, 5.74) is 5.71. The smallest absolute Gasteiger partial charge is 0.223 e. The van der Waals surface area contributed by atoms with Gasteiger partial charge in [-0.2, -0.15) is 0 Å². The van der Waals surface area contributed by atoms with E-state index in [-0.39, 0.29) is 11.8 Å². The minimum atomic E-state index is 0.170. The van der Waals surface area contributed by atoms with E-state index < -0.39 is 0 Å². The van der Waals surface area contributed by atoms with Gasteiger partial charge >= 0.3 is 0 Å². The number of hydrogen-bond donors (Lipinski definition) is 2. The molecule has 0 saturated heterocycles. The molecule has 242 valence electrons. The lowest BCUT2D eigenvalue weighted by molar-refractivity contribution is -0.133. The monoisotopic (exact) mass is 620 g/mol. The Morgan fingerprint density at radius 1 is 0.652 bits per heavy atom. The van der Waals surface area contributed by atoms with Crippen molar-refractivity contribution < 1.29 is 9.59 Å². The minimum absolute atomic E-state index is 0.170. The van der Waals surface area contributed by atoms with Crippen molar-refractivity contribution in [2.24, 2.45) is 11.8 Å². The lowest BCUT2D eigenvalue weighted by Gasteiger charge is -2.22. The number of imidazole rings is 2. The highest BCUT2D eigenvalue weighted by atomic mass is 16.2. The van der Waals surface area contributed by atoms with Gasteiger partial charge in [-0.25, -0.2) is 9.97 Å². The van der Waals surface area contributed by atoms with Crippen LogP contribution in [0.1, 0.15) is 90.0 Å². The van der Waals surface area contributed by atoms with Crippen LogP contribution < -0.4 is 0 Å². The van der Waals surface area contributed by atoms with Gasteiger partial charge < -0.3 is 19.8 Å². The molecule has 0 radical (unpaired) electrons. The van der Waals surface area contributed by atoms with Gasteiger partial charge in [0.2, 0.25) is 11.8 Å². The van der Waals surface area contributed by atoms with Crippen LogP contribution in [-0.4, -0.2) is 54.6 Å². The zero-order valence-electron chi connectivity index (χ0n) is 28.2. The molecule has 2 amide bonds. The van der Waals surface area contributed by atoms with Gasteiger partial charge in [0.15, 0.2) is 0 Å². The van der Waals surface area contributed by atoms with Crippen LogP contribution in [0.15, 0.2) is 60.9 Å². The molecule has 2 aromatic heterocycles. The van der Waals surface area contributed by atoms with Gasteiger partial charge in [0.1, 0.15) is 11.6 Å². The van der Waals surface area contributed by atoms with Crippen molar-refractivity contribution in [1.29, 1.82) is 0 Å². The molecular formula is C38H48N6O2. The summed E-state index contributed by atoms with van der Waals surface area (Å²) in [5, 5.41) is 0. The van der Waals surface area contributed by atoms with E-state index >= 15 is 0 Å². The van der Waals surface area contributed by atoms with Crippen LogP contribution in [0.25, 0.3) is 22.5 Å². The van der Waals surface area contributed by atoms with Gasteiger partial charge in [-0.15, -0.1) is 0 Å². The summed E-state index contributed by atoms with van der Waals surface area (Å²) in [5.74, 6) is 9.09. The Morgan fingerprint density at radius 2 is 1.02 bits per heavy atom. The zero-order valence-corrected chi connectivity index (χ0v) is 28.2. The van der Waals surface area contributed by atoms with Crippen molar-refractivity contribution in [3.05, 3.63) is 83.7 Å². The van der Waals surface area contributed by atoms with E-state index in [4.69, 9.17) is 0 Å². The average molecular weight is 621 g/mol. The van der Waals surface area contributed by atoms with E-state index in [1.807, 2.05) is 70.7 Å². The molecule has 0 unspecified atom stereocenters. The Morgan fingerprint density at radius 3 is 1.35 bits per heavy atom. The summed E-state index contributed by atoms with van der Waals surface area (Å²) < 4.78 is 0. The minimum Gasteiger partial charge on any atom is -0.341 e. The number of nitrogens with one attached hydrogen (secondary N) is 2. The molecule has 8 heteroatoms. The van der Waals surface area contributed by atoms with Crippen LogP contribution in [-0.2, 0) is 22.7 Å². The first-order valence-corrected chi connectivity index (χ1v) is 16.5. The van der Waals surface area contributed by atoms with Crippen LogP contribution in [0, 0.1) is 23.7 Å². The Labute approximate surface area is 274 Å². The third-order valence-electron chi connectivity index (χ3n) is 7.54. The number of aromatic amines is 2. The van der Waals surface area contributed by atoms with Gasteiger partial charge in [0.05, 0.1) is 36.9 Å². The number of nitrogens with zero attached hydrogens (tertiary/aromatic N) is 4. The largest absolute Gasteiger partial charge is 0.341 e. The molecule has 0 atom stereocenters. The van der Waals surface area contributed by atoms with E-state index in [9.17, 15) is 9.59 Å². The van der Waals surface area contributed by atoms with Crippen molar-refractivity contribution in [3.63, 3.8) is 0 Å². The number of amides is 2. The van der Waals surface area contributed by atoms with Crippen molar-refractivity contribution in [1.82, 2.24) is 29.7 Å². The first-order valence-electron chi connectivity index (χ1n) is 16.5. The molecule has 0 aliphatic heterocycles. The van der Waals surface area contributed by atoms with Gasteiger partial charge in [0.25, 0.3) is 0 Å². The van der Waals surface area contributed by atoms with Crippen LogP contribution in [0.4, 0.5) is 0 Å². The number of aromatic nitrogens is 4. The molecule has 0 spiro atoms. The first kappa shape index (κ1) is 34.2. The standard InChI is InChI=1S/C38H48N6O2/c1-7-19-43(37(45)21-27(3)4)25-35-39-23-33(41-35)31-15-11-29(12-16-31)9-10-30-13-17-32(18-14-30)34-24-40-36(42-34)26-44(20-8-2)38(46)22-28(5)6/h11-18,23-24,27-28H,7-8,19-22,25-26H2,1-6H3,(H,39,41)(H,40,42). The second kappa shape index (κ2) is 16.6. The molecule has 46 heavy (non-hydrogen) atoms. The van der Waals surface area contributed by atoms with Gasteiger partial charge in [0, 0.05) is 37.1 Å². The SMILES string of the molecule is CCCN(Cc1ncc(-c2ccc(C#Cc3ccc(-c4cnc(CN(CCC)C(=O)CC(C)C)[nH]4)cc3)cc2)[nH]1)C(=O)CC(C)C. The molecule has 2 aromatic carbocycles. The summed E-state index contributed by atoms with van der Waals surface area (Å²) in [4.78, 5) is 44.9. The Balaban J connectivity index is 1.36. The lowest BCUT2D eigenvalue weighted by atomic mass is 10.1. The van der Waals surface area contributed by atoms with E-state index in [0.717, 1.165) is 71.2 Å². The summed E-state index contributed by atoms with van der Waals surface area (Å²) in [7, 11) is 0. The van der Waals surface area contributed by atoms with Crippen LogP contribution in [0.5, 0.6) is 0 Å². The van der Waals surface area contributed by atoms with E-state index in [1.165, 1.54) is 0 Å². The molecule has 0 saturated carbocycles. The van der Waals surface area contributed by atoms with E-state index in [1.54, 1.807) is 0 Å². The van der Waals surface area contributed by atoms with Gasteiger partial charge in [-0.3, -0.25) is 9.59 Å². The van der Waals surface area contributed by atoms with E-state index in [2.05, 4.69) is 73.3 Å². The summed E-state index contributed by atoms with van der Waals surface area (Å²) >= 11 is 0. The van der Waals surface area contributed by atoms with Gasteiger partial charge in [-0.05, 0) is 60.1 Å². The second-order valence-corrected chi connectivity index (χ2v) is 12.7. The lowest BCUT2D eigenvalue weighted by Crippen LogP contribution is -2.32. The molecule has 8 nitrogen and oxygen atoms in total. The number of benzene rings is 2. The molecule has 2 heterocycles. The predicted octanol–water partition coefficient (Wildman–Crippen LogP) is 7.44. The summed E-state index contributed by atoms with van der Waals surface area (Å²) in [6, 6.07) is 16.2. The maximum Gasteiger partial charge on any atom is 0.223 e. The predicted molar refractivity (Wildman–Crippen MR) is 184 cm³/mol. The highest BCUT2D eigenvalue weighted by Crippen LogP contribution is 2.21. The van der Waals surface area contributed by atoms with Crippen molar-refractivity contribution in [2.75, 3.05) is 13.1 Å². The topological polar surface area (TPSA) is 98.0 Å². The molecule has 0 aliphatic carbocycles. The maximum atomic E-state index is 12.7. The molecule has 0 aliphatic rings. The molecule has 4 aromatic rings. The number of hydrogen-bond acceptors (Lipinski definition) is 4.